The van der Waals surface area contributed by atoms with E-state index in [0.717, 1.165) is 5.69 Å². The van der Waals surface area contributed by atoms with Crippen molar-refractivity contribution in [2.24, 2.45) is 0 Å². The number of aromatic nitrogens is 1. The van der Waals surface area contributed by atoms with Gasteiger partial charge in [0, 0.05) is 11.9 Å². The van der Waals surface area contributed by atoms with Crippen molar-refractivity contribution in [3.63, 3.8) is 0 Å². The Morgan fingerprint density at radius 2 is 1.62 bits per heavy atom. The molecule has 1 aromatic heterocycles. The summed E-state index contributed by atoms with van der Waals surface area (Å²) in [6, 6.07) is 10.2. The Balaban J connectivity index is 3.31. The Labute approximate surface area is 79.8 Å². The zero-order valence-electron chi connectivity index (χ0n) is 8.41. The standard InChI is InChI=1S/C12H15N/c1-10-6-4-5-7-12(3)13-9-11(2)8-10/h4-9H,1-3H3. The summed E-state index contributed by atoms with van der Waals surface area (Å²) in [5.41, 5.74) is 3.45. The second-order valence-corrected chi connectivity index (χ2v) is 3.25. The molecule has 0 spiro atoms. The lowest BCUT2D eigenvalue weighted by Crippen LogP contribution is -1.76. The Hall–Kier alpha value is -1.37. The van der Waals surface area contributed by atoms with Crippen molar-refractivity contribution in [1.29, 1.82) is 0 Å². The first-order valence-electron chi connectivity index (χ1n) is 4.43. The summed E-state index contributed by atoms with van der Waals surface area (Å²) in [5.74, 6) is 0. The molecule has 13 heavy (non-hydrogen) atoms. The largest absolute Gasteiger partial charge is 0.261 e. The highest BCUT2D eigenvalue weighted by Crippen LogP contribution is 1.97. The van der Waals surface area contributed by atoms with Crippen molar-refractivity contribution in [1.82, 2.24) is 4.98 Å². The lowest BCUT2D eigenvalue weighted by molar-refractivity contribution is 1.19. The molecule has 0 atom stereocenters. The van der Waals surface area contributed by atoms with E-state index in [0.29, 0.717) is 0 Å². The molecule has 0 saturated heterocycles. The van der Waals surface area contributed by atoms with Crippen molar-refractivity contribution in [3.8, 4) is 0 Å². The summed E-state index contributed by atoms with van der Waals surface area (Å²) in [6.45, 7) is 6.13. The number of nitrogens with zero attached hydrogens (tertiary/aromatic N) is 1. The molecule has 0 aliphatic heterocycles. The third-order valence-corrected chi connectivity index (χ3v) is 1.73. The molecule has 0 radical (unpaired) electrons. The molecule has 0 amide bonds. The molecule has 1 nitrogen and oxygen atoms in total. The van der Waals surface area contributed by atoms with Crippen molar-refractivity contribution >= 4 is 0 Å². The molecule has 0 aliphatic rings. The van der Waals surface area contributed by atoms with Crippen LogP contribution >= 0.6 is 0 Å². The molecular weight excluding hydrogens is 158 g/mol. The molecule has 0 fully saturated rings. The van der Waals surface area contributed by atoms with Gasteiger partial charge in [0.25, 0.3) is 0 Å². The van der Waals surface area contributed by atoms with E-state index >= 15 is 0 Å². The fourth-order valence-corrected chi connectivity index (χ4v) is 1.09. The second kappa shape index (κ2) is 4.61. The third kappa shape index (κ3) is 3.70. The molecule has 0 unspecified atom stereocenters. The summed E-state index contributed by atoms with van der Waals surface area (Å²) in [4.78, 5) is 4.29. The molecular formula is C12H15N. The smallest absolute Gasteiger partial charge is 0.0372 e. The van der Waals surface area contributed by atoms with Crippen LogP contribution in [0.3, 0.4) is 0 Å². The molecule has 1 rings (SSSR count). The van der Waals surface area contributed by atoms with E-state index in [1.807, 2.05) is 31.3 Å². The quantitative estimate of drug-likeness (QED) is 0.587. The van der Waals surface area contributed by atoms with Crippen molar-refractivity contribution < 1.29 is 0 Å². The van der Waals surface area contributed by atoms with E-state index in [2.05, 4.69) is 31.0 Å². The van der Waals surface area contributed by atoms with Gasteiger partial charge in [-0.15, -0.1) is 0 Å². The second-order valence-electron chi connectivity index (χ2n) is 3.25. The average molecular weight is 173 g/mol. The van der Waals surface area contributed by atoms with Crippen LogP contribution in [0.2, 0.25) is 0 Å². The molecule has 1 aromatic rings. The highest BCUT2D eigenvalue weighted by atomic mass is 14.6. The molecule has 0 aliphatic carbocycles. The van der Waals surface area contributed by atoms with Crippen LogP contribution in [0.4, 0.5) is 0 Å². The third-order valence-electron chi connectivity index (χ3n) is 1.73. The summed E-state index contributed by atoms with van der Waals surface area (Å²) < 4.78 is 0. The zero-order valence-corrected chi connectivity index (χ0v) is 8.41. The molecule has 0 bridgehead atoms. The van der Waals surface area contributed by atoms with Gasteiger partial charge in [-0.25, -0.2) is 0 Å². The fraction of sp³-hybridized carbons (Fsp3) is 0.250. The summed E-state index contributed by atoms with van der Waals surface area (Å²) >= 11 is 0. The summed E-state index contributed by atoms with van der Waals surface area (Å²) in [5, 5.41) is 0. The van der Waals surface area contributed by atoms with Gasteiger partial charge in [-0.05, 0) is 32.4 Å². The minimum atomic E-state index is 1.02. The van der Waals surface area contributed by atoms with Gasteiger partial charge < -0.3 is 0 Å². The topological polar surface area (TPSA) is 12.9 Å². The van der Waals surface area contributed by atoms with Gasteiger partial charge in [-0.3, -0.25) is 4.98 Å². The van der Waals surface area contributed by atoms with E-state index in [1.165, 1.54) is 11.1 Å². The minimum absolute atomic E-state index is 1.02. The SMILES string of the molecule is Cc1ccccc(C)ncc(C)c1. The maximum absolute atomic E-state index is 4.29. The molecule has 1 heterocycles. The summed E-state index contributed by atoms with van der Waals surface area (Å²) in [7, 11) is 0. The fourth-order valence-electron chi connectivity index (χ4n) is 1.09. The first-order valence-corrected chi connectivity index (χ1v) is 4.43. The Kier molecular flexibility index (Phi) is 3.44. The Bertz CT molecular complexity index is 341. The number of hydrogen-bond acceptors (Lipinski definition) is 1. The first kappa shape index (κ1) is 9.72. The number of hydrogen-bond donors (Lipinski definition) is 0. The van der Waals surface area contributed by atoms with E-state index in [4.69, 9.17) is 0 Å². The predicted octanol–water partition coefficient (Wildman–Crippen LogP) is 3.13. The van der Waals surface area contributed by atoms with Crippen LogP contribution in [-0.2, 0) is 0 Å². The zero-order chi connectivity index (χ0) is 9.68. The van der Waals surface area contributed by atoms with Crippen molar-refractivity contribution in [3.05, 3.63) is 53.3 Å². The molecule has 0 N–H and O–H groups in total. The van der Waals surface area contributed by atoms with Crippen molar-refractivity contribution in [2.45, 2.75) is 20.8 Å². The van der Waals surface area contributed by atoms with Gasteiger partial charge in [0.05, 0.1) is 0 Å². The molecule has 0 aromatic carbocycles. The minimum Gasteiger partial charge on any atom is -0.261 e. The van der Waals surface area contributed by atoms with Gasteiger partial charge in [0.2, 0.25) is 0 Å². The Morgan fingerprint density at radius 1 is 0.923 bits per heavy atom. The van der Waals surface area contributed by atoms with E-state index in [1.54, 1.807) is 0 Å². The van der Waals surface area contributed by atoms with Gasteiger partial charge in [-0.1, -0.05) is 29.8 Å². The lowest BCUT2D eigenvalue weighted by atomic mass is 10.2. The van der Waals surface area contributed by atoms with Crippen LogP contribution in [-0.4, -0.2) is 4.98 Å². The molecule has 1 heteroatoms. The molecule has 68 valence electrons. The van der Waals surface area contributed by atoms with Crippen molar-refractivity contribution in [2.75, 3.05) is 0 Å². The van der Waals surface area contributed by atoms with Gasteiger partial charge >= 0.3 is 0 Å². The Morgan fingerprint density at radius 3 is 2.38 bits per heavy atom. The van der Waals surface area contributed by atoms with Crippen LogP contribution in [0, 0.1) is 20.8 Å². The predicted molar refractivity (Wildman–Crippen MR) is 56.1 cm³/mol. The van der Waals surface area contributed by atoms with Gasteiger partial charge in [0.15, 0.2) is 0 Å². The van der Waals surface area contributed by atoms with Gasteiger partial charge in [-0.2, -0.15) is 0 Å². The van der Waals surface area contributed by atoms with E-state index in [9.17, 15) is 0 Å². The normalized spacial score (nSPS) is 9.15. The van der Waals surface area contributed by atoms with Crippen LogP contribution in [0.1, 0.15) is 16.8 Å². The highest BCUT2D eigenvalue weighted by molar-refractivity contribution is 5.15. The lowest BCUT2D eigenvalue weighted by Gasteiger charge is -1.89. The summed E-state index contributed by atoms with van der Waals surface area (Å²) in [6.07, 6.45) is 1.89. The van der Waals surface area contributed by atoms with Gasteiger partial charge in [0.1, 0.15) is 0 Å². The average Bonchev–Trinajstić information content (AvgIpc) is 2.08. The van der Waals surface area contributed by atoms with E-state index < -0.39 is 0 Å². The van der Waals surface area contributed by atoms with Crippen LogP contribution in [0.25, 0.3) is 0 Å². The van der Waals surface area contributed by atoms with Crippen LogP contribution in [0.5, 0.6) is 0 Å². The van der Waals surface area contributed by atoms with Crippen LogP contribution < -0.4 is 0 Å². The maximum Gasteiger partial charge on any atom is 0.0372 e. The monoisotopic (exact) mass is 173 g/mol. The molecule has 0 saturated carbocycles. The van der Waals surface area contributed by atoms with E-state index in [-0.39, 0.29) is 0 Å². The van der Waals surface area contributed by atoms with Crippen LogP contribution in [0.15, 0.2) is 36.5 Å². The highest BCUT2D eigenvalue weighted by Gasteiger charge is 1.80. The number of rotatable bonds is 0. The number of aryl methyl sites for hydroxylation is 3. The first-order chi connectivity index (χ1) is 6.18. The maximum atomic E-state index is 4.29.